The molecule has 0 unspecified atom stereocenters. The predicted molar refractivity (Wildman–Crippen MR) is 138 cm³/mol. The van der Waals surface area contributed by atoms with Crippen LogP contribution in [0.2, 0.25) is 0 Å². The number of azide groups is 1. The number of para-hydroxylation sites is 1. The maximum Gasteiger partial charge on any atom is 0.229 e. The van der Waals surface area contributed by atoms with Crippen LogP contribution in [0.4, 0.5) is 23.1 Å². The van der Waals surface area contributed by atoms with E-state index >= 15 is 0 Å². The van der Waals surface area contributed by atoms with E-state index in [-0.39, 0.29) is 0 Å². The Labute approximate surface area is 203 Å². The molecule has 2 N–H and O–H groups in total. The van der Waals surface area contributed by atoms with Crippen LogP contribution in [0.5, 0.6) is 0 Å². The van der Waals surface area contributed by atoms with Gasteiger partial charge in [-0.3, -0.25) is 4.90 Å². The molecule has 0 fully saturated rings. The van der Waals surface area contributed by atoms with E-state index < -0.39 is 0 Å². The Morgan fingerprint density at radius 3 is 2.74 bits per heavy atom. The van der Waals surface area contributed by atoms with Crippen molar-refractivity contribution in [3.63, 3.8) is 0 Å². The molecule has 0 spiro atoms. The van der Waals surface area contributed by atoms with Crippen LogP contribution in [0.15, 0.2) is 47.7 Å². The van der Waals surface area contributed by atoms with Gasteiger partial charge in [0.05, 0.1) is 5.39 Å². The quantitative estimate of drug-likeness (QED) is 0.220. The zero-order valence-corrected chi connectivity index (χ0v) is 20.2. The Morgan fingerprint density at radius 2 is 1.94 bits per heavy atom. The number of rotatable bonds is 7. The SMILES string of the molecule is Cc1cccc(C)c1Nc1nn(C)c2nc(Nc3ccc4c(c3)CN(CCN=[N+]=[N-])CC4)ncc12. The van der Waals surface area contributed by atoms with E-state index in [1.807, 2.05) is 13.2 Å². The predicted octanol–water partition coefficient (Wildman–Crippen LogP) is 5.14. The molecule has 2 aromatic carbocycles. The number of hydrogen-bond donors (Lipinski definition) is 2. The van der Waals surface area contributed by atoms with Gasteiger partial charge in [-0.25, -0.2) is 9.67 Å². The average Bonchev–Trinajstić information content (AvgIpc) is 3.16. The molecular weight excluding hydrogens is 440 g/mol. The van der Waals surface area contributed by atoms with Crippen LogP contribution < -0.4 is 10.6 Å². The second-order valence-corrected chi connectivity index (χ2v) is 8.88. The van der Waals surface area contributed by atoms with Gasteiger partial charge in [-0.1, -0.05) is 29.4 Å². The van der Waals surface area contributed by atoms with E-state index in [1.165, 1.54) is 11.1 Å². The molecule has 0 radical (unpaired) electrons. The Morgan fingerprint density at radius 1 is 1.11 bits per heavy atom. The lowest BCUT2D eigenvalue weighted by molar-refractivity contribution is 0.261. The Balaban J connectivity index is 1.36. The van der Waals surface area contributed by atoms with Crippen LogP contribution in [0.3, 0.4) is 0 Å². The van der Waals surface area contributed by atoms with Gasteiger partial charge in [-0.2, -0.15) is 10.1 Å². The summed E-state index contributed by atoms with van der Waals surface area (Å²) in [6.45, 7) is 7.22. The lowest BCUT2D eigenvalue weighted by Gasteiger charge is -2.28. The van der Waals surface area contributed by atoms with Crippen LogP contribution >= 0.6 is 0 Å². The third-order valence-corrected chi connectivity index (χ3v) is 6.44. The number of fused-ring (bicyclic) bond motifs is 2. The first-order chi connectivity index (χ1) is 17.0. The summed E-state index contributed by atoms with van der Waals surface area (Å²) in [5.41, 5.74) is 16.2. The second kappa shape index (κ2) is 9.61. The van der Waals surface area contributed by atoms with E-state index in [1.54, 1.807) is 4.68 Å². The largest absolute Gasteiger partial charge is 0.338 e. The summed E-state index contributed by atoms with van der Waals surface area (Å²) in [5.74, 6) is 1.26. The lowest BCUT2D eigenvalue weighted by atomic mass is 9.99. The maximum absolute atomic E-state index is 8.51. The van der Waals surface area contributed by atoms with Crippen LogP contribution in [0.1, 0.15) is 22.3 Å². The van der Waals surface area contributed by atoms with Crippen LogP contribution in [-0.2, 0) is 20.0 Å². The van der Waals surface area contributed by atoms with Crippen molar-refractivity contribution in [2.24, 2.45) is 12.2 Å². The minimum absolute atomic E-state index is 0.489. The van der Waals surface area contributed by atoms with Crippen LogP contribution in [0.25, 0.3) is 21.5 Å². The fourth-order valence-corrected chi connectivity index (χ4v) is 4.56. The first kappa shape index (κ1) is 22.6. The number of nitrogens with zero attached hydrogens (tertiary/aromatic N) is 8. The molecular formula is C25H28N10. The summed E-state index contributed by atoms with van der Waals surface area (Å²) >= 11 is 0. The average molecular weight is 469 g/mol. The van der Waals surface area contributed by atoms with Gasteiger partial charge in [-0.15, -0.1) is 0 Å². The minimum Gasteiger partial charge on any atom is -0.338 e. The van der Waals surface area contributed by atoms with Gasteiger partial charge < -0.3 is 10.6 Å². The molecule has 3 heterocycles. The number of hydrogen-bond acceptors (Lipinski definition) is 7. The van der Waals surface area contributed by atoms with Crippen molar-refractivity contribution < 1.29 is 0 Å². The number of aromatic nitrogens is 4. The van der Waals surface area contributed by atoms with Gasteiger partial charge in [0.15, 0.2) is 11.5 Å². The number of nitrogens with one attached hydrogen (secondary N) is 2. The third kappa shape index (κ3) is 4.75. The summed E-state index contributed by atoms with van der Waals surface area (Å²) in [6.07, 6.45) is 2.79. The highest BCUT2D eigenvalue weighted by Gasteiger charge is 2.17. The summed E-state index contributed by atoms with van der Waals surface area (Å²) < 4.78 is 1.77. The molecule has 0 saturated carbocycles. The summed E-state index contributed by atoms with van der Waals surface area (Å²) in [5, 5.41) is 16.0. The highest BCUT2D eigenvalue weighted by atomic mass is 15.3. The van der Waals surface area contributed by atoms with Crippen LogP contribution in [0, 0.1) is 13.8 Å². The van der Waals surface area contributed by atoms with E-state index in [0.29, 0.717) is 12.5 Å². The van der Waals surface area contributed by atoms with Crippen molar-refractivity contribution in [3.8, 4) is 0 Å². The monoisotopic (exact) mass is 468 g/mol. The fraction of sp³-hybridized carbons (Fsp3) is 0.320. The van der Waals surface area contributed by atoms with E-state index in [2.05, 4.69) is 85.9 Å². The van der Waals surface area contributed by atoms with E-state index in [0.717, 1.165) is 65.4 Å². The molecule has 0 aliphatic carbocycles. The van der Waals surface area contributed by atoms with Gasteiger partial charge >= 0.3 is 0 Å². The molecule has 10 nitrogen and oxygen atoms in total. The van der Waals surface area contributed by atoms with Crippen molar-refractivity contribution in [2.75, 3.05) is 30.3 Å². The van der Waals surface area contributed by atoms with Crippen molar-refractivity contribution in [3.05, 3.63) is 75.3 Å². The lowest BCUT2D eigenvalue weighted by Crippen LogP contribution is -2.32. The third-order valence-electron chi connectivity index (χ3n) is 6.44. The molecule has 10 heteroatoms. The first-order valence-electron chi connectivity index (χ1n) is 11.7. The smallest absolute Gasteiger partial charge is 0.229 e. The Bertz CT molecular complexity index is 1410. The van der Waals surface area contributed by atoms with Crippen molar-refractivity contribution in [1.82, 2.24) is 24.6 Å². The van der Waals surface area contributed by atoms with E-state index in [9.17, 15) is 0 Å². The van der Waals surface area contributed by atoms with Gasteiger partial charge in [0.25, 0.3) is 0 Å². The molecule has 0 bridgehead atoms. The van der Waals surface area contributed by atoms with Crippen molar-refractivity contribution in [1.29, 1.82) is 0 Å². The maximum atomic E-state index is 8.51. The molecule has 0 atom stereocenters. The molecule has 1 aliphatic rings. The van der Waals surface area contributed by atoms with Crippen LogP contribution in [-0.4, -0.2) is 44.3 Å². The number of anilines is 4. The molecule has 178 valence electrons. The normalized spacial score (nSPS) is 13.3. The highest BCUT2D eigenvalue weighted by molar-refractivity contribution is 5.90. The van der Waals surface area contributed by atoms with Crippen molar-refractivity contribution >= 4 is 34.2 Å². The Hall–Kier alpha value is -4.14. The van der Waals surface area contributed by atoms with Gasteiger partial charge in [0, 0.05) is 55.7 Å². The van der Waals surface area contributed by atoms with Crippen molar-refractivity contribution in [2.45, 2.75) is 26.8 Å². The number of aryl methyl sites for hydroxylation is 3. The molecule has 0 amide bonds. The molecule has 1 aliphatic heterocycles. The Kier molecular flexibility index (Phi) is 6.22. The zero-order chi connectivity index (χ0) is 24.4. The van der Waals surface area contributed by atoms with Gasteiger partial charge in [-0.05, 0) is 60.2 Å². The fourth-order valence-electron chi connectivity index (χ4n) is 4.56. The zero-order valence-electron chi connectivity index (χ0n) is 20.2. The summed E-state index contributed by atoms with van der Waals surface area (Å²) in [7, 11) is 1.89. The molecule has 5 rings (SSSR count). The first-order valence-corrected chi connectivity index (χ1v) is 11.7. The minimum atomic E-state index is 0.489. The van der Waals surface area contributed by atoms with Gasteiger partial charge in [0.2, 0.25) is 5.95 Å². The second-order valence-electron chi connectivity index (χ2n) is 8.88. The topological polar surface area (TPSA) is 120 Å². The molecule has 4 aromatic rings. The summed E-state index contributed by atoms with van der Waals surface area (Å²) in [6, 6.07) is 12.6. The highest BCUT2D eigenvalue weighted by Crippen LogP contribution is 2.29. The van der Waals surface area contributed by atoms with E-state index in [4.69, 9.17) is 10.5 Å². The molecule has 2 aromatic heterocycles. The molecule has 0 saturated heterocycles. The standard InChI is InChI=1S/C25H28N10/c1-16-5-4-6-17(2)22(16)30-23-21-14-27-25(31-24(21)34(3)32-23)29-20-8-7-18-9-11-35(12-10-28-33-26)15-19(18)13-20/h4-8,13-14H,9-12,15H2,1-3H3,(H,30,32)(H,27,29,31). The molecule has 35 heavy (non-hydrogen) atoms. The van der Waals surface area contributed by atoms with Gasteiger partial charge in [0.1, 0.15) is 0 Å². The number of benzene rings is 2. The summed E-state index contributed by atoms with van der Waals surface area (Å²) in [4.78, 5) is 14.5.